The van der Waals surface area contributed by atoms with Crippen molar-refractivity contribution >= 4 is 5.78 Å². The molecule has 0 saturated carbocycles. The van der Waals surface area contributed by atoms with Gasteiger partial charge in [0.25, 0.3) is 0 Å². The first-order valence-corrected chi connectivity index (χ1v) is 5.82. The maximum Gasteiger partial charge on any atom is 0.147 e. The van der Waals surface area contributed by atoms with Gasteiger partial charge in [0.05, 0.1) is 6.42 Å². The molecule has 4 heteroatoms. The molecule has 1 fully saturated rings. The van der Waals surface area contributed by atoms with Gasteiger partial charge in [0, 0.05) is 31.4 Å². The fourth-order valence-electron chi connectivity index (χ4n) is 2.22. The number of ketones is 1. The summed E-state index contributed by atoms with van der Waals surface area (Å²) < 4.78 is 1.91. The van der Waals surface area contributed by atoms with E-state index in [1.807, 2.05) is 17.8 Å². The Morgan fingerprint density at radius 2 is 2.50 bits per heavy atom. The number of imidazole rings is 1. The topological polar surface area (TPSA) is 46.9 Å². The van der Waals surface area contributed by atoms with Gasteiger partial charge in [0.15, 0.2) is 0 Å². The van der Waals surface area contributed by atoms with E-state index in [9.17, 15) is 4.79 Å². The van der Waals surface area contributed by atoms with Crippen LogP contribution in [0, 0.1) is 5.41 Å². The van der Waals surface area contributed by atoms with Crippen molar-refractivity contribution < 1.29 is 4.79 Å². The Morgan fingerprint density at radius 3 is 3.06 bits per heavy atom. The Balaban J connectivity index is 2.05. The quantitative estimate of drug-likeness (QED) is 0.825. The Morgan fingerprint density at radius 1 is 1.69 bits per heavy atom. The van der Waals surface area contributed by atoms with Crippen molar-refractivity contribution in [2.75, 3.05) is 13.1 Å². The largest absolute Gasteiger partial charge is 0.338 e. The van der Waals surface area contributed by atoms with Crippen LogP contribution in [0.25, 0.3) is 0 Å². The second-order valence-electron chi connectivity index (χ2n) is 4.90. The predicted molar refractivity (Wildman–Crippen MR) is 62.1 cm³/mol. The van der Waals surface area contributed by atoms with Crippen molar-refractivity contribution in [3.05, 3.63) is 18.2 Å². The summed E-state index contributed by atoms with van der Waals surface area (Å²) in [5.41, 5.74) is -0.204. The van der Waals surface area contributed by atoms with Crippen LogP contribution >= 0.6 is 0 Å². The highest BCUT2D eigenvalue weighted by molar-refractivity contribution is 5.86. The molecule has 1 aromatic rings. The van der Waals surface area contributed by atoms with Crippen molar-refractivity contribution in [3.63, 3.8) is 0 Å². The van der Waals surface area contributed by atoms with Crippen LogP contribution < -0.4 is 5.32 Å². The lowest BCUT2D eigenvalue weighted by Gasteiger charge is -2.32. The number of nitrogens with one attached hydrogen (secondary N) is 1. The van der Waals surface area contributed by atoms with Crippen LogP contribution in [0.2, 0.25) is 0 Å². The van der Waals surface area contributed by atoms with Gasteiger partial charge in [-0.25, -0.2) is 4.98 Å². The number of carbonyl (C=O) groups excluding carboxylic acids is 1. The van der Waals surface area contributed by atoms with Gasteiger partial charge in [-0.2, -0.15) is 0 Å². The standard InChI is InChI=1S/C12H19N3O/c1-12(4-3-5-13-9-12)10(16)8-11-14-6-7-15(11)2/h6-7,13H,3-5,8-9H2,1-2H3. The van der Waals surface area contributed by atoms with Gasteiger partial charge in [0.2, 0.25) is 0 Å². The lowest BCUT2D eigenvalue weighted by Crippen LogP contribution is -2.44. The Kier molecular flexibility index (Phi) is 3.10. The SMILES string of the molecule is Cn1ccnc1CC(=O)C1(C)CCCNC1. The Labute approximate surface area is 96.1 Å². The monoisotopic (exact) mass is 221 g/mol. The fraction of sp³-hybridized carbons (Fsp3) is 0.667. The van der Waals surface area contributed by atoms with E-state index in [2.05, 4.69) is 17.2 Å². The molecule has 16 heavy (non-hydrogen) atoms. The molecule has 1 saturated heterocycles. The first-order valence-electron chi connectivity index (χ1n) is 5.82. The number of hydrogen-bond acceptors (Lipinski definition) is 3. The molecule has 2 heterocycles. The molecule has 2 rings (SSSR count). The van der Waals surface area contributed by atoms with Gasteiger partial charge in [-0.1, -0.05) is 6.92 Å². The van der Waals surface area contributed by atoms with Crippen molar-refractivity contribution in [3.8, 4) is 0 Å². The molecule has 1 N–H and O–H groups in total. The molecule has 1 unspecified atom stereocenters. The van der Waals surface area contributed by atoms with Crippen LogP contribution in [-0.2, 0) is 18.3 Å². The summed E-state index contributed by atoms with van der Waals surface area (Å²) in [6.07, 6.45) is 6.14. The first kappa shape index (κ1) is 11.3. The van der Waals surface area contributed by atoms with Crippen LogP contribution in [0.5, 0.6) is 0 Å². The van der Waals surface area contributed by atoms with E-state index in [1.54, 1.807) is 6.20 Å². The lowest BCUT2D eigenvalue weighted by molar-refractivity contribution is -0.128. The highest BCUT2D eigenvalue weighted by atomic mass is 16.1. The number of carbonyl (C=O) groups is 1. The van der Waals surface area contributed by atoms with Gasteiger partial charge in [-0.05, 0) is 19.4 Å². The van der Waals surface area contributed by atoms with Gasteiger partial charge in [-0.3, -0.25) is 4.79 Å². The average molecular weight is 221 g/mol. The fourth-order valence-corrected chi connectivity index (χ4v) is 2.22. The second kappa shape index (κ2) is 4.37. The first-order chi connectivity index (χ1) is 7.62. The number of nitrogens with zero attached hydrogens (tertiary/aromatic N) is 2. The minimum Gasteiger partial charge on any atom is -0.338 e. The maximum atomic E-state index is 12.2. The van der Waals surface area contributed by atoms with Crippen LogP contribution in [0.4, 0.5) is 0 Å². The molecule has 0 spiro atoms. The molecule has 0 aliphatic carbocycles. The van der Waals surface area contributed by atoms with Gasteiger partial charge < -0.3 is 9.88 Å². The molecule has 88 valence electrons. The van der Waals surface area contributed by atoms with Crippen LogP contribution in [0.3, 0.4) is 0 Å². The van der Waals surface area contributed by atoms with E-state index in [-0.39, 0.29) is 5.41 Å². The molecule has 0 aromatic carbocycles. The van der Waals surface area contributed by atoms with E-state index in [1.165, 1.54) is 0 Å². The molecular formula is C12H19N3O. The molecule has 0 bridgehead atoms. The van der Waals surface area contributed by atoms with Crippen LogP contribution in [-0.4, -0.2) is 28.4 Å². The third-order valence-corrected chi connectivity index (χ3v) is 3.51. The summed E-state index contributed by atoms with van der Waals surface area (Å²) in [4.78, 5) is 16.4. The smallest absolute Gasteiger partial charge is 0.147 e. The average Bonchev–Trinajstić information content (AvgIpc) is 2.65. The van der Waals surface area contributed by atoms with Crippen molar-refractivity contribution in [1.82, 2.24) is 14.9 Å². The number of Topliss-reactive ketones (excluding diaryl/α,β-unsaturated/α-hetero) is 1. The minimum atomic E-state index is -0.204. The molecule has 1 atom stereocenters. The van der Waals surface area contributed by atoms with Gasteiger partial charge >= 0.3 is 0 Å². The Hall–Kier alpha value is -1.16. The van der Waals surface area contributed by atoms with E-state index in [0.717, 1.165) is 31.8 Å². The number of piperidine rings is 1. The lowest BCUT2D eigenvalue weighted by atomic mass is 9.78. The van der Waals surface area contributed by atoms with E-state index in [0.29, 0.717) is 12.2 Å². The van der Waals surface area contributed by atoms with Crippen molar-refractivity contribution in [2.24, 2.45) is 12.5 Å². The summed E-state index contributed by atoms with van der Waals surface area (Å²) in [6, 6.07) is 0. The Bertz CT molecular complexity index is 377. The molecular weight excluding hydrogens is 202 g/mol. The van der Waals surface area contributed by atoms with E-state index in [4.69, 9.17) is 0 Å². The van der Waals surface area contributed by atoms with Crippen LogP contribution in [0.1, 0.15) is 25.6 Å². The molecule has 0 radical (unpaired) electrons. The normalized spacial score (nSPS) is 25.6. The van der Waals surface area contributed by atoms with Gasteiger partial charge in [0.1, 0.15) is 11.6 Å². The van der Waals surface area contributed by atoms with E-state index >= 15 is 0 Å². The number of hydrogen-bond donors (Lipinski definition) is 1. The summed E-state index contributed by atoms with van der Waals surface area (Å²) in [6.45, 7) is 3.89. The summed E-state index contributed by atoms with van der Waals surface area (Å²) in [7, 11) is 1.93. The zero-order valence-corrected chi connectivity index (χ0v) is 9.99. The van der Waals surface area contributed by atoms with E-state index < -0.39 is 0 Å². The summed E-state index contributed by atoms with van der Waals surface area (Å²) in [5, 5.41) is 3.30. The molecule has 1 aliphatic heterocycles. The van der Waals surface area contributed by atoms with Crippen molar-refractivity contribution in [1.29, 1.82) is 0 Å². The third-order valence-electron chi connectivity index (χ3n) is 3.51. The zero-order chi connectivity index (χ0) is 11.6. The predicted octanol–water partition coefficient (Wildman–Crippen LogP) is 0.921. The summed E-state index contributed by atoms with van der Waals surface area (Å²) in [5.74, 6) is 1.16. The maximum absolute atomic E-state index is 12.2. The zero-order valence-electron chi connectivity index (χ0n) is 9.99. The summed E-state index contributed by atoms with van der Waals surface area (Å²) >= 11 is 0. The highest BCUT2D eigenvalue weighted by Crippen LogP contribution is 2.27. The highest BCUT2D eigenvalue weighted by Gasteiger charge is 2.34. The molecule has 1 aromatic heterocycles. The molecule has 4 nitrogen and oxygen atoms in total. The van der Waals surface area contributed by atoms with Gasteiger partial charge in [-0.15, -0.1) is 0 Å². The number of rotatable bonds is 3. The third kappa shape index (κ3) is 2.16. The second-order valence-corrected chi connectivity index (χ2v) is 4.90. The molecule has 1 aliphatic rings. The van der Waals surface area contributed by atoms with Crippen molar-refractivity contribution in [2.45, 2.75) is 26.2 Å². The number of aryl methyl sites for hydroxylation is 1. The molecule has 0 amide bonds. The number of aromatic nitrogens is 2. The minimum absolute atomic E-state index is 0.204. The van der Waals surface area contributed by atoms with Crippen LogP contribution in [0.15, 0.2) is 12.4 Å².